The molecule has 0 aromatic rings. The summed E-state index contributed by atoms with van der Waals surface area (Å²) in [5, 5.41) is 8.33. The lowest BCUT2D eigenvalue weighted by atomic mass is 10.0. The predicted octanol–water partition coefficient (Wildman–Crippen LogP) is 0.497. The zero-order valence-electron chi connectivity index (χ0n) is 6.16. The van der Waals surface area contributed by atoms with Crippen molar-refractivity contribution in [3.05, 3.63) is 0 Å². The van der Waals surface area contributed by atoms with Crippen LogP contribution in [0.4, 0.5) is 0 Å². The molecule has 0 heterocycles. The first-order chi connectivity index (χ1) is 4.34. The predicted molar refractivity (Wildman–Crippen MR) is 43.3 cm³/mol. The van der Waals surface area contributed by atoms with Gasteiger partial charge in [-0.2, -0.15) is 12.6 Å². The molecule has 0 rings (SSSR count). The van der Waals surface area contributed by atoms with Gasteiger partial charge in [0, 0.05) is 10.8 Å². The average Bonchev–Trinajstić information content (AvgIpc) is 1.60. The third kappa shape index (κ3) is 3.74. The smallest absolute Gasteiger partial charge is 0.304 e. The van der Waals surface area contributed by atoms with Gasteiger partial charge in [-0.25, -0.2) is 0 Å². The summed E-state index contributed by atoms with van der Waals surface area (Å²) in [5.41, 5.74) is 5.49. The van der Waals surface area contributed by atoms with Crippen LogP contribution >= 0.6 is 12.6 Å². The largest absolute Gasteiger partial charge is 0.481 e. The van der Waals surface area contributed by atoms with Crippen LogP contribution in [0.2, 0.25) is 0 Å². The summed E-state index contributed by atoms with van der Waals surface area (Å²) in [6.45, 7) is 3.59. The number of carboxylic acids is 1. The zero-order valence-corrected chi connectivity index (χ0v) is 7.06. The number of carbonyl (C=O) groups is 1. The standard InChI is InChI=1S/C6H13NO2S/c1-6(2,10)4(7)3-5(8)9/h4,10H,3,7H2,1-2H3,(H,8,9). The normalized spacial score (nSPS) is 14.8. The minimum atomic E-state index is -0.880. The van der Waals surface area contributed by atoms with E-state index in [1.165, 1.54) is 0 Å². The molecule has 0 spiro atoms. The summed E-state index contributed by atoms with van der Waals surface area (Å²) in [6.07, 6.45) is -0.0312. The SMILES string of the molecule is CC(C)(S)C(N)CC(=O)O. The molecule has 0 fully saturated rings. The number of aliphatic carboxylic acids is 1. The maximum atomic E-state index is 10.1. The Morgan fingerprint density at radius 2 is 2.20 bits per heavy atom. The van der Waals surface area contributed by atoms with Gasteiger partial charge in [0.05, 0.1) is 6.42 Å². The van der Waals surface area contributed by atoms with Gasteiger partial charge in [0.2, 0.25) is 0 Å². The van der Waals surface area contributed by atoms with Crippen molar-refractivity contribution < 1.29 is 9.90 Å². The molecule has 1 unspecified atom stereocenters. The summed E-state index contributed by atoms with van der Waals surface area (Å²) in [4.78, 5) is 10.1. The molecule has 0 saturated carbocycles. The Labute approximate surface area is 66.0 Å². The van der Waals surface area contributed by atoms with Crippen molar-refractivity contribution in [1.29, 1.82) is 0 Å². The van der Waals surface area contributed by atoms with Gasteiger partial charge < -0.3 is 10.8 Å². The molecule has 0 saturated heterocycles. The van der Waals surface area contributed by atoms with E-state index in [2.05, 4.69) is 12.6 Å². The topological polar surface area (TPSA) is 63.3 Å². The van der Waals surface area contributed by atoms with Crippen LogP contribution in [0.25, 0.3) is 0 Å². The average molecular weight is 163 g/mol. The number of hydrogen-bond acceptors (Lipinski definition) is 3. The molecule has 0 bridgehead atoms. The number of carboxylic acid groups (broad SMARTS) is 1. The van der Waals surface area contributed by atoms with E-state index in [0.717, 1.165) is 0 Å². The number of nitrogens with two attached hydrogens (primary N) is 1. The van der Waals surface area contributed by atoms with Crippen LogP contribution in [-0.4, -0.2) is 21.9 Å². The molecule has 0 aliphatic carbocycles. The molecule has 3 N–H and O–H groups in total. The number of rotatable bonds is 3. The summed E-state index contributed by atoms with van der Waals surface area (Å²) in [5.74, 6) is -0.880. The second-order valence-electron chi connectivity index (χ2n) is 2.86. The summed E-state index contributed by atoms with van der Waals surface area (Å²) in [6, 6.07) is -0.395. The zero-order chi connectivity index (χ0) is 8.36. The second-order valence-corrected chi connectivity index (χ2v) is 4.01. The number of hydrogen-bond donors (Lipinski definition) is 3. The molecule has 10 heavy (non-hydrogen) atoms. The van der Waals surface area contributed by atoms with Crippen molar-refractivity contribution >= 4 is 18.6 Å². The highest BCUT2D eigenvalue weighted by Crippen LogP contribution is 2.17. The van der Waals surface area contributed by atoms with E-state index >= 15 is 0 Å². The molecule has 0 radical (unpaired) electrons. The molecule has 4 heteroatoms. The van der Waals surface area contributed by atoms with Crippen LogP contribution in [0.5, 0.6) is 0 Å². The second kappa shape index (κ2) is 3.25. The number of thiol groups is 1. The Morgan fingerprint density at radius 3 is 2.30 bits per heavy atom. The van der Waals surface area contributed by atoms with Gasteiger partial charge in [-0.3, -0.25) is 4.79 Å². The van der Waals surface area contributed by atoms with Crippen LogP contribution < -0.4 is 5.73 Å². The monoisotopic (exact) mass is 163 g/mol. The summed E-state index contributed by atoms with van der Waals surface area (Å²) in [7, 11) is 0. The Morgan fingerprint density at radius 1 is 1.80 bits per heavy atom. The molecule has 3 nitrogen and oxygen atoms in total. The van der Waals surface area contributed by atoms with Crippen molar-refractivity contribution in [2.45, 2.75) is 31.1 Å². The van der Waals surface area contributed by atoms with Crippen LogP contribution in [-0.2, 0) is 4.79 Å². The Kier molecular flexibility index (Phi) is 3.18. The first kappa shape index (κ1) is 9.78. The van der Waals surface area contributed by atoms with Crippen LogP contribution in [0.1, 0.15) is 20.3 Å². The van der Waals surface area contributed by atoms with E-state index in [-0.39, 0.29) is 6.42 Å². The Balaban J connectivity index is 3.85. The van der Waals surface area contributed by atoms with E-state index in [9.17, 15) is 4.79 Å². The van der Waals surface area contributed by atoms with Crippen molar-refractivity contribution in [3.63, 3.8) is 0 Å². The quantitative estimate of drug-likeness (QED) is 0.531. The van der Waals surface area contributed by atoms with Gasteiger partial charge in [0.15, 0.2) is 0 Å². The van der Waals surface area contributed by atoms with E-state index in [4.69, 9.17) is 10.8 Å². The van der Waals surface area contributed by atoms with E-state index in [1.807, 2.05) is 0 Å². The third-order valence-electron chi connectivity index (χ3n) is 1.30. The van der Waals surface area contributed by atoms with Crippen molar-refractivity contribution in [2.75, 3.05) is 0 Å². The lowest BCUT2D eigenvalue weighted by Crippen LogP contribution is -2.40. The fourth-order valence-electron chi connectivity index (χ4n) is 0.438. The van der Waals surface area contributed by atoms with Crippen LogP contribution in [0, 0.1) is 0 Å². The van der Waals surface area contributed by atoms with Crippen LogP contribution in [0.15, 0.2) is 0 Å². The van der Waals surface area contributed by atoms with Crippen molar-refractivity contribution in [1.82, 2.24) is 0 Å². The van der Waals surface area contributed by atoms with E-state index in [0.29, 0.717) is 0 Å². The molecule has 60 valence electrons. The molecular weight excluding hydrogens is 150 g/mol. The Hall–Kier alpha value is -0.220. The van der Waals surface area contributed by atoms with Gasteiger partial charge in [-0.05, 0) is 13.8 Å². The molecule has 0 aliphatic heterocycles. The van der Waals surface area contributed by atoms with Gasteiger partial charge in [-0.1, -0.05) is 0 Å². The molecule has 0 aromatic carbocycles. The Bertz CT molecular complexity index is 130. The van der Waals surface area contributed by atoms with Crippen molar-refractivity contribution in [3.8, 4) is 0 Å². The minimum Gasteiger partial charge on any atom is -0.481 e. The summed E-state index contributed by atoms with van der Waals surface area (Å²) < 4.78 is -0.418. The third-order valence-corrected chi connectivity index (χ3v) is 1.63. The fraction of sp³-hybridized carbons (Fsp3) is 0.833. The maximum absolute atomic E-state index is 10.1. The molecule has 0 amide bonds. The lowest BCUT2D eigenvalue weighted by Gasteiger charge is -2.24. The van der Waals surface area contributed by atoms with Gasteiger partial charge >= 0.3 is 5.97 Å². The lowest BCUT2D eigenvalue weighted by molar-refractivity contribution is -0.137. The molecule has 0 aromatic heterocycles. The first-order valence-electron chi connectivity index (χ1n) is 3.04. The fourth-order valence-corrected chi connectivity index (χ4v) is 0.529. The van der Waals surface area contributed by atoms with Gasteiger partial charge in [-0.15, -0.1) is 0 Å². The van der Waals surface area contributed by atoms with Crippen molar-refractivity contribution in [2.24, 2.45) is 5.73 Å². The highest BCUT2D eigenvalue weighted by Gasteiger charge is 2.23. The highest BCUT2D eigenvalue weighted by molar-refractivity contribution is 7.81. The minimum absolute atomic E-state index is 0.0312. The molecule has 1 atom stereocenters. The van der Waals surface area contributed by atoms with E-state index in [1.54, 1.807) is 13.8 Å². The molecule has 0 aliphatic rings. The maximum Gasteiger partial charge on any atom is 0.304 e. The molecular formula is C6H13NO2S. The highest BCUT2D eigenvalue weighted by atomic mass is 32.1. The van der Waals surface area contributed by atoms with Gasteiger partial charge in [0.25, 0.3) is 0 Å². The van der Waals surface area contributed by atoms with E-state index < -0.39 is 16.8 Å². The van der Waals surface area contributed by atoms with Gasteiger partial charge in [0.1, 0.15) is 0 Å². The van der Waals surface area contributed by atoms with Crippen LogP contribution in [0.3, 0.4) is 0 Å². The first-order valence-corrected chi connectivity index (χ1v) is 3.48. The summed E-state index contributed by atoms with van der Waals surface area (Å²) >= 11 is 4.14.